The minimum absolute atomic E-state index is 0.0484. The summed E-state index contributed by atoms with van der Waals surface area (Å²) in [5.41, 5.74) is 1.22. The Balaban J connectivity index is 1.98. The van der Waals surface area contributed by atoms with Crippen LogP contribution in [-0.4, -0.2) is 31.7 Å². The molecule has 1 fully saturated rings. The summed E-state index contributed by atoms with van der Waals surface area (Å²) in [6.07, 6.45) is 1.33. The summed E-state index contributed by atoms with van der Waals surface area (Å²) in [7, 11) is 1.30. The van der Waals surface area contributed by atoms with Crippen molar-refractivity contribution in [2.24, 2.45) is 0 Å². The predicted octanol–water partition coefficient (Wildman–Crippen LogP) is 1.56. The highest BCUT2D eigenvalue weighted by molar-refractivity contribution is 5.96. The lowest BCUT2D eigenvalue weighted by Crippen LogP contribution is -2.35. The van der Waals surface area contributed by atoms with Crippen LogP contribution in [0.1, 0.15) is 12.8 Å². The van der Waals surface area contributed by atoms with Crippen LogP contribution in [0.3, 0.4) is 0 Å². The third kappa shape index (κ3) is 3.69. The van der Waals surface area contributed by atoms with E-state index in [2.05, 4.69) is 20.7 Å². The van der Waals surface area contributed by atoms with Gasteiger partial charge in [-0.3, -0.25) is 10.1 Å². The summed E-state index contributed by atoms with van der Waals surface area (Å²) in [6.45, 7) is 0.877. The Labute approximate surface area is 111 Å². The number of carbonyl (C=O) groups excluding carboxylic acids is 2. The predicted molar refractivity (Wildman–Crippen MR) is 72.1 cm³/mol. The summed E-state index contributed by atoms with van der Waals surface area (Å²) >= 11 is 0. The second kappa shape index (κ2) is 6.19. The van der Waals surface area contributed by atoms with Crippen molar-refractivity contribution < 1.29 is 14.3 Å². The summed E-state index contributed by atoms with van der Waals surface area (Å²) < 4.78 is 4.51. The Morgan fingerprint density at radius 2 is 2.05 bits per heavy atom. The van der Waals surface area contributed by atoms with Crippen LogP contribution in [0.25, 0.3) is 0 Å². The molecule has 1 aliphatic rings. The zero-order chi connectivity index (χ0) is 13.7. The Morgan fingerprint density at radius 1 is 1.32 bits per heavy atom. The molecule has 0 spiro atoms. The van der Waals surface area contributed by atoms with Gasteiger partial charge in [-0.25, -0.2) is 4.79 Å². The second-order valence-corrected chi connectivity index (χ2v) is 4.34. The minimum Gasteiger partial charge on any atom is -0.453 e. The van der Waals surface area contributed by atoms with Gasteiger partial charge in [0.05, 0.1) is 13.2 Å². The van der Waals surface area contributed by atoms with Gasteiger partial charge >= 0.3 is 6.09 Å². The molecule has 6 heteroatoms. The summed E-state index contributed by atoms with van der Waals surface area (Å²) in [4.78, 5) is 23.0. The van der Waals surface area contributed by atoms with Crippen molar-refractivity contribution in [2.75, 3.05) is 24.3 Å². The van der Waals surface area contributed by atoms with Crippen molar-refractivity contribution in [1.29, 1.82) is 0 Å². The van der Waals surface area contributed by atoms with Crippen molar-refractivity contribution >= 4 is 23.4 Å². The first-order valence-corrected chi connectivity index (χ1v) is 6.18. The molecule has 0 unspecified atom stereocenters. The van der Waals surface area contributed by atoms with Crippen LogP contribution in [0.4, 0.5) is 16.2 Å². The summed E-state index contributed by atoms with van der Waals surface area (Å²) in [5, 5.41) is 8.50. The van der Waals surface area contributed by atoms with Crippen LogP contribution in [0.15, 0.2) is 24.3 Å². The van der Waals surface area contributed by atoms with Crippen molar-refractivity contribution in [2.45, 2.75) is 18.9 Å². The molecule has 6 nitrogen and oxygen atoms in total. The number of ether oxygens (including phenoxy) is 1. The molecule has 102 valence electrons. The molecule has 0 radical (unpaired) electrons. The monoisotopic (exact) mass is 263 g/mol. The zero-order valence-corrected chi connectivity index (χ0v) is 10.7. The molecule has 0 aliphatic carbocycles. The Kier molecular flexibility index (Phi) is 4.35. The molecule has 2 amide bonds. The average Bonchev–Trinajstić information content (AvgIpc) is 2.93. The normalized spacial score (nSPS) is 17.8. The second-order valence-electron chi connectivity index (χ2n) is 4.34. The maximum Gasteiger partial charge on any atom is 0.411 e. The van der Waals surface area contributed by atoms with Gasteiger partial charge in [-0.2, -0.15) is 0 Å². The van der Waals surface area contributed by atoms with Crippen LogP contribution in [-0.2, 0) is 9.53 Å². The SMILES string of the molecule is COC(=O)Nc1cccc(NC(=O)[C@H]2CCCN2)c1. The minimum atomic E-state index is -0.541. The van der Waals surface area contributed by atoms with E-state index in [0.717, 1.165) is 19.4 Å². The average molecular weight is 263 g/mol. The number of nitrogens with one attached hydrogen (secondary N) is 3. The molecule has 19 heavy (non-hydrogen) atoms. The first-order chi connectivity index (χ1) is 9.19. The number of hydrogen-bond donors (Lipinski definition) is 3. The Hall–Kier alpha value is -2.08. The lowest BCUT2D eigenvalue weighted by atomic mass is 10.2. The van der Waals surface area contributed by atoms with Gasteiger partial charge in [-0.15, -0.1) is 0 Å². The quantitative estimate of drug-likeness (QED) is 0.773. The fourth-order valence-electron chi connectivity index (χ4n) is 1.98. The maximum absolute atomic E-state index is 11.9. The van der Waals surface area contributed by atoms with Crippen molar-refractivity contribution in [3.05, 3.63) is 24.3 Å². The molecule has 0 saturated carbocycles. The van der Waals surface area contributed by atoms with E-state index in [1.54, 1.807) is 24.3 Å². The number of rotatable bonds is 3. The van der Waals surface area contributed by atoms with E-state index in [4.69, 9.17) is 0 Å². The fraction of sp³-hybridized carbons (Fsp3) is 0.385. The molecular formula is C13H17N3O3. The maximum atomic E-state index is 11.9. The number of carbonyl (C=O) groups is 2. The molecule has 1 heterocycles. The lowest BCUT2D eigenvalue weighted by Gasteiger charge is -2.12. The van der Waals surface area contributed by atoms with Crippen LogP contribution in [0.5, 0.6) is 0 Å². The number of benzene rings is 1. The van der Waals surface area contributed by atoms with Crippen LogP contribution in [0.2, 0.25) is 0 Å². The standard InChI is InChI=1S/C13H17N3O3/c1-19-13(18)16-10-5-2-4-9(8-10)15-12(17)11-6-3-7-14-11/h2,4-5,8,11,14H,3,6-7H2,1H3,(H,15,17)(H,16,18)/t11-/m1/s1. The third-order valence-electron chi connectivity index (χ3n) is 2.94. The highest BCUT2D eigenvalue weighted by Crippen LogP contribution is 2.16. The topological polar surface area (TPSA) is 79.5 Å². The first-order valence-electron chi connectivity index (χ1n) is 6.18. The van der Waals surface area contributed by atoms with E-state index in [-0.39, 0.29) is 11.9 Å². The van der Waals surface area contributed by atoms with Crippen LogP contribution >= 0.6 is 0 Å². The molecule has 1 aliphatic heterocycles. The van der Waals surface area contributed by atoms with Gasteiger partial charge in [0.2, 0.25) is 5.91 Å². The number of hydrogen-bond acceptors (Lipinski definition) is 4. The van der Waals surface area contributed by atoms with Crippen molar-refractivity contribution in [1.82, 2.24) is 5.32 Å². The molecule has 0 aromatic heterocycles. The first kappa shape index (κ1) is 13.4. The fourth-order valence-corrected chi connectivity index (χ4v) is 1.98. The smallest absolute Gasteiger partial charge is 0.411 e. The molecule has 1 saturated heterocycles. The van der Waals surface area contributed by atoms with Gasteiger partial charge < -0.3 is 15.4 Å². The van der Waals surface area contributed by atoms with Gasteiger partial charge in [-0.1, -0.05) is 6.07 Å². The van der Waals surface area contributed by atoms with E-state index >= 15 is 0 Å². The lowest BCUT2D eigenvalue weighted by molar-refractivity contribution is -0.117. The Morgan fingerprint density at radius 3 is 2.68 bits per heavy atom. The largest absolute Gasteiger partial charge is 0.453 e. The van der Waals surface area contributed by atoms with Gasteiger partial charge in [0.15, 0.2) is 0 Å². The van der Waals surface area contributed by atoms with E-state index in [1.807, 2.05) is 0 Å². The van der Waals surface area contributed by atoms with E-state index < -0.39 is 6.09 Å². The number of methoxy groups -OCH3 is 1. The molecule has 1 atom stereocenters. The molecule has 1 aromatic carbocycles. The van der Waals surface area contributed by atoms with E-state index in [0.29, 0.717) is 11.4 Å². The molecular weight excluding hydrogens is 246 g/mol. The molecule has 1 aromatic rings. The highest BCUT2D eigenvalue weighted by atomic mass is 16.5. The highest BCUT2D eigenvalue weighted by Gasteiger charge is 2.21. The zero-order valence-electron chi connectivity index (χ0n) is 10.7. The van der Waals surface area contributed by atoms with Gasteiger partial charge in [0, 0.05) is 11.4 Å². The summed E-state index contributed by atoms with van der Waals surface area (Å²) in [5.74, 6) is -0.0484. The molecule has 2 rings (SSSR count). The summed E-state index contributed by atoms with van der Waals surface area (Å²) in [6, 6.07) is 6.81. The number of amides is 2. The molecule has 0 bridgehead atoms. The van der Waals surface area contributed by atoms with Gasteiger partial charge in [0.25, 0.3) is 0 Å². The molecule has 3 N–H and O–H groups in total. The van der Waals surface area contributed by atoms with Crippen LogP contribution in [0, 0.1) is 0 Å². The third-order valence-corrected chi connectivity index (χ3v) is 2.94. The van der Waals surface area contributed by atoms with Gasteiger partial charge in [-0.05, 0) is 37.6 Å². The van der Waals surface area contributed by atoms with E-state index in [9.17, 15) is 9.59 Å². The van der Waals surface area contributed by atoms with E-state index in [1.165, 1.54) is 7.11 Å². The van der Waals surface area contributed by atoms with Crippen molar-refractivity contribution in [3.63, 3.8) is 0 Å². The van der Waals surface area contributed by atoms with Crippen LogP contribution < -0.4 is 16.0 Å². The Bertz CT molecular complexity index is 470. The van der Waals surface area contributed by atoms with Crippen molar-refractivity contribution in [3.8, 4) is 0 Å². The van der Waals surface area contributed by atoms with Gasteiger partial charge in [0.1, 0.15) is 0 Å². The number of anilines is 2.